The van der Waals surface area contributed by atoms with Gasteiger partial charge in [0.2, 0.25) is 0 Å². The summed E-state index contributed by atoms with van der Waals surface area (Å²) in [5.74, 6) is 0.0594. The Balaban J connectivity index is 2.42. The number of esters is 1. The highest BCUT2D eigenvalue weighted by Crippen LogP contribution is 2.16. The molecule has 0 saturated carbocycles. The Hall–Kier alpha value is -2.04. The van der Waals surface area contributed by atoms with Gasteiger partial charge in [-0.25, -0.2) is 9.78 Å². The average molecular weight is 205 g/mol. The lowest BCUT2D eigenvalue weighted by Crippen LogP contribution is -2.04. The first-order valence-electron chi connectivity index (χ1n) is 4.62. The number of H-pyrrole nitrogens is 1. The van der Waals surface area contributed by atoms with Crippen LogP contribution in [0.3, 0.4) is 0 Å². The molecular weight excluding hydrogens is 194 g/mol. The molecule has 78 valence electrons. The molecule has 0 unspecified atom stereocenters. The van der Waals surface area contributed by atoms with Crippen LogP contribution in [0.2, 0.25) is 0 Å². The summed E-state index contributed by atoms with van der Waals surface area (Å²) in [6, 6.07) is 3.40. The van der Waals surface area contributed by atoms with Crippen molar-refractivity contribution in [3.05, 3.63) is 24.0 Å². The van der Waals surface area contributed by atoms with E-state index in [9.17, 15) is 4.79 Å². The fourth-order valence-corrected chi connectivity index (χ4v) is 1.37. The van der Waals surface area contributed by atoms with E-state index in [0.29, 0.717) is 18.1 Å². The van der Waals surface area contributed by atoms with Gasteiger partial charge >= 0.3 is 5.97 Å². The van der Waals surface area contributed by atoms with E-state index in [2.05, 4.69) is 9.97 Å². The monoisotopic (exact) mass is 205 g/mol. The zero-order chi connectivity index (χ0) is 10.8. The number of nitrogens with two attached hydrogens (primary N) is 1. The number of rotatable bonds is 2. The molecule has 0 bridgehead atoms. The number of carbonyl (C=O) groups is 1. The normalized spacial score (nSPS) is 10.5. The van der Waals surface area contributed by atoms with Crippen LogP contribution in [0, 0.1) is 0 Å². The SMILES string of the molecule is CCOC(=O)c1cc2cc(N)ncc2[nH]1. The van der Waals surface area contributed by atoms with E-state index in [1.54, 1.807) is 25.3 Å². The molecule has 0 spiro atoms. The van der Waals surface area contributed by atoms with Gasteiger partial charge < -0.3 is 15.5 Å². The number of nitrogens with zero attached hydrogens (tertiary/aromatic N) is 1. The number of pyridine rings is 1. The van der Waals surface area contributed by atoms with Crippen LogP contribution in [-0.2, 0) is 4.74 Å². The van der Waals surface area contributed by atoms with Gasteiger partial charge in [-0.15, -0.1) is 0 Å². The number of hydrogen-bond donors (Lipinski definition) is 2. The second-order valence-corrected chi connectivity index (χ2v) is 3.10. The zero-order valence-electron chi connectivity index (χ0n) is 8.28. The maximum atomic E-state index is 11.4. The molecule has 0 aromatic carbocycles. The molecule has 2 aromatic rings. The molecule has 2 rings (SSSR count). The Kier molecular flexibility index (Phi) is 2.29. The molecule has 0 aliphatic heterocycles. The smallest absolute Gasteiger partial charge is 0.354 e. The number of nitrogens with one attached hydrogen (secondary N) is 1. The van der Waals surface area contributed by atoms with E-state index in [4.69, 9.17) is 10.5 Å². The predicted octanol–water partition coefficient (Wildman–Crippen LogP) is 1.32. The molecule has 5 nitrogen and oxygen atoms in total. The van der Waals surface area contributed by atoms with Gasteiger partial charge in [0.15, 0.2) is 0 Å². The predicted molar refractivity (Wildman–Crippen MR) is 56.5 cm³/mol. The van der Waals surface area contributed by atoms with Gasteiger partial charge in [-0.2, -0.15) is 0 Å². The molecule has 0 fully saturated rings. The topological polar surface area (TPSA) is 81.0 Å². The summed E-state index contributed by atoms with van der Waals surface area (Å²) in [5, 5.41) is 0.852. The van der Waals surface area contributed by atoms with Gasteiger partial charge in [0.05, 0.1) is 18.3 Å². The molecule has 15 heavy (non-hydrogen) atoms. The number of carbonyl (C=O) groups excluding carboxylic acids is 1. The molecule has 3 N–H and O–H groups in total. The van der Waals surface area contributed by atoms with Crippen LogP contribution in [0.1, 0.15) is 17.4 Å². The number of hydrogen-bond acceptors (Lipinski definition) is 4. The Morgan fingerprint density at radius 3 is 3.13 bits per heavy atom. The summed E-state index contributed by atoms with van der Waals surface area (Å²) in [5.41, 5.74) is 6.71. The first kappa shape index (κ1) is 9.51. The quantitative estimate of drug-likeness (QED) is 0.724. The van der Waals surface area contributed by atoms with E-state index in [-0.39, 0.29) is 5.97 Å². The van der Waals surface area contributed by atoms with Gasteiger partial charge in [-0.3, -0.25) is 0 Å². The van der Waals surface area contributed by atoms with E-state index >= 15 is 0 Å². The second kappa shape index (κ2) is 3.61. The minimum atomic E-state index is -0.368. The minimum Gasteiger partial charge on any atom is -0.461 e. The molecule has 0 aliphatic carbocycles. The van der Waals surface area contributed by atoms with Gasteiger partial charge in [0, 0.05) is 5.39 Å². The maximum absolute atomic E-state index is 11.4. The van der Waals surface area contributed by atoms with Crippen molar-refractivity contribution in [2.45, 2.75) is 6.92 Å². The summed E-state index contributed by atoms with van der Waals surface area (Å²) in [6.45, 7) is 2.12. The van der Waals surface area contributed by atoms with E-state index in [0.717, 1.165) is 10.9 Å². The molecule has 0 radical (unpaired) electrons. The first-order valence-corrected chi connectivity index (χ1v) is 4.62. The number of fused-ring (bicyclic) bond motifs is 1. The molecule has 2 heterocycles. The highest BCUT2D eigenvalue weighted by molar-refractivity contribution is 5.95. The van der Waals surface area contributed by atoms with Crippen molar-refractivity contribution >= 4 is 22.7 Å². The fourth-order valence-electron chi connectivity index (χ4n) is 1.37. The third-order valence-electron chi connectivity index (χ3n) is 2.02. The van der Waals surface area contributed by atoms with E-state index in [1.165, 1.54) is 0 Å². The van der Waals surface area contributed by atoms with Crippen molar-refractivity contribution < 1.29 is 9.53 Å². The highest BCUT2D eigenvalue weighted by Gasteiger charge is 2.10. The summed E-state index contributed by atoms with van der Waals surface area (Å²) in [4.78, 5) is 18.2. The Bertz CT molecular complexity index is 504. The second-order valence-electron chi connectivity index (χ2n) is 3.10. The molecule has 5 heteroatoms. The third kappa shape index (κ3) is 1.76. The highest BCUT2D eigenvalue weighted by atomic mass is 16.5. The van der Waals surface area contributed by atoms with Crippen molar-refractivity contribution in [2.75, 3.05) is 12.3 Å². The fraction of sp³-hybridized carbons (Fsp3) is 0.200. The number of aromatic nitrogens is 2. The lowest BCUT2D eigenvalue weighted by molar-refractivity contribution is 0.0520. The van der Waals surface area contributed by atoms with Crippen molar-refractivity contribution in [2.24, 2.45) is 0 Å². The Morgan fingerprint density at radius 2 is 2.40 bits per heavy atom. The van der Waals surface area contributed by atoms with Crippen LogP contribution >= 0.6 is 0 Å². The summed E-state index contributed by atoms with van der Waals surface area (Å²) in [6.07, 6.45) is 1.59. The number of anilines is 1. The molecule has 2 aromatic heterocycles. The number of aromatic amines is 1. The standard InChI is InChI=1S/C10H11N3O2/c1-2-15-10(14)7-3-6-4-9(11)12-5-8(6)13-7/h3-5,13H,2H2,1H3,(H2,11,12). The minimum absolute atomic E-state index is 0.356. The van der Waals surface area contributed by atoms with Crippen molar-refractivity contribution in [3.63, 3.8) is 0 Å². The van der Waals surface area contributed by atoms with Gasteiger partial charge in [0.1, 0.15) is 11.5 Å². The van der Waals surface area contributed by atoms with Crippen LogP contribution < -0.4 is 5.73 Å². The zero-order valence-corrected chi connectivity index (χ0v) is 8.28. The molecule has 0 saturated heterocycles. The van der Waals surface area contributed by atoms with Crippen LogP contribution in [0.4, 0.5) is 5.82 Å². The lowest BCUT2D eigenvalue weighted by atomic mass is 10.3. The molecule has 0 aliphatic rings. The van der Waals surface area contributed by atoms with E-state index in [1.807, 2.05) is 0 Å². The van der Waals surface area contributed by atoms with Crippen molar-refractivity contribution in [3.8, 4) is 0 Å². The number of nitrogen functional groups attached to an aromatic ring is 1. The largest absolute Gasteiger partial charge is 0.461 e. The van der Waals surface area contributed by atoms with Gasteiger partial charge in [-0.1, -0.05) is 0 Å². The van der Waals surface area contributed by atoms with Gasteiger partial charge in [-0.05, 0) is 19.1 Å². The summed E-state index contributed by atoms with van der Waals surface area (Å²) < 4.78 is 4.87. The molecule has 0 atom stereocenters. The maximum Gasteiger partial charge on any atom is 0.354 e. The number of ether oxygens (including phenoxy) is 1. The van der Waals surface area contributed by atoms with Crippen LogP contribution in [0.25, 0.3) is 10.9 Å². The first-order chi connectivity index (χ1) is 7.20. The third-order valence-corrected chi connectivity index (χ3v) is 2.02. The Labute approximate surface area is 86.3 Å². The van der Waals surface area contributed by atoms with Crippen LogP contribution in [-0.4, -0.2) is 22.5 Å². The summed E-state index contributed by atoms with van der Waals surface area (Å²) >= 11 is 0. The van der Waals surface area contributed by atoms with Crippen LogP contribution in [0.15, 0.2) is 18.3 Å². The van der Waals surface area contributed by atoms with Crippen LogP contribution in [0.5, 0.6) is 0 Å². The van der Waals surface area contributed by atoms with Crippen molar-refractivity contribution in [1.82, 2.24) is 9.97 Å². The lowest BCUT2D eigenvalue weighted by Gasteiger charge is -1.96. The van der Waals surface area contributed by atoms with Gasteiger partial charge in [0.25, 0.3) is 0 Å². The van der Waals surface area contributed by atoms with Crippen molar-refractivity contribution in [1.29, 1.82) is 0 Å². The summed E-state index contributed by atoms with van der Waals surface area (Å²) in [7, 11) is 0. The average Bonchev–Trinajstić information content (AvgIpc) is 2.60. The Morgan fingerprint density at radius 1 is 1.60 bits per heavy atom. The van der Waals surface area contributed by atoms with E-state index < -0.39 is 0 Å². The molecular formula is C10H11N3O2. The molecule has 0 amide bonds.